The monoisotopic (exact) mass is 197 g/mol. The highest BCUT2D eigenvalue weighted by Gasteiger charge is 2.20. The van der Waals surface area contributed by atoms with Gasteiger partial charge in [0, 0.05) is 6.54 Å². The van der Waals surface area contributed by atoms with Gasteiger partial charge in [0.1, 0.15) is 0 Å². The minimum Gasteiger partial charge on any atom is -0.389 e. The second-order valence-electron chi connectivity index (χ2n) is 4.20. The van der Waals surface area contributed by atoms with Crippen LogP contribution < -0.4 is 0 Å². The molecule has 1 fully saturated rings. The van der Waals surface area contributed by atoms with Gasteiger partial charge in [-0.05, 0) is 32.1 Å². The fourth-order valence-corrected chi connectivity index (χ4v) is 2.09. The molecule has 1 aliphatic carbocycles. The van der Waals surface area contributed by atoms with Crippen molar-refractivity contribution in [3.05, 3.63) is 11.6 Å². The topological polar surface area (TPSA) is 32.7 Å². The van der Waals surface area contributed by atoms with Crippen LogP contribution in [0.1, 0.15) is 32.1 Å². The van der Waals surface area contributed by atoms with Crippen LogP contribution in [0.15, 0.2) is 11.6 Å². The van der Waals surface area contributed by atoms with Crippen LogP contribution in [0, 0.1) is 0 Å². The summed E-state index contributed by atoms with van der Waals surface area (Å²) in [5.41, 5.74) is 1.57. The Morgan fingerprint density at radius 3 is 3.07 bits per heavy atom. The lowest BCUT2D eigenvalue weighted by molar-refractivity contribution is -0.109. The lowest BCUT2D eigenvalue weighted by Gasteiger charge is -2.17. The molecule has 0 unspecified atom stereocenters. The number of β-amino-alcohol motifs (C(OH)–C–C–N with tert-alkyl or cyclic N) is 1. The molecule has 1 saturated heterocycles. The minimum absolute atomic E-state index is 0.282. The summed E-state index contributed by atoms with van der Waals surface area (Å²) < 4.78 is 0. The molecule has 0 aromatic rings. The van der Waals surface area contributed by atoms with Gasteiger partial charge in [0.2, 0.25) is 0 Å². The molecule has 3 nitrogen and oxygen atoms in total. The van der Waals surface area contributed by atoms with Gasteiger partial charge in [-0.1, -0.05) is 11.6 Å². The summed E-state index contributed by atoms with van der Waals surface area (Å²) in [4.78, 5) is 5.31. The second kappa shape index (κ2) is 4.91. The van der Waals surface area contributed by atoms with Crippen LogP contribution >= 0.6 is 0 Å². The molecule has 80 valence electrons. The van der Waals surface area contributed by atoms with Crippen LogP contribution in [0.5, 0.6) is 0 Å². The number of aliphatic hydroxyl groups is 1. The zero-order valence-electron chi connectivity index (χ0n) is 8.61. The predicted molar refractivity (Wildman–Crippen MR) is 54.7 cm³/mol. The van der Waals surface area contributed by atoms with Gasteiger partial charge in [-0.2, -0.15) is 5.06 Å². The van der Waals surface area contributed by atoms with Gasteiger partial charge in [-0.25, -0.2) is 0 Å². The van der Waals surface area contributed by atoms with E-state index in [0.717, 1.165) is 13.0 Å². The zero-order chi connectivity index (χ0) is 9.80. The van der Waals surface area contributed by atoms with Gasteiger partial charge in [-0.15, -0.1) is 0 Å². The molecule has 1 N–H and O–H groups in total. The van der Waals surface area contributed by atoms with Crippen molar-refractivity contribution in [3.8, 4) is 0 Å². The van der Waals surface area contributed by atoms with Crippen molar-refractivity contribution in [2.24, 2.45) is 0 Å². The third-order valence-corrected chi connectivity index (χ3v) is 2.93. The maximum Gasteiger partial charge on any atom is 0.0958 e. The fourth-order valence-electron chi connectivity index (χ4n) is 2.09. The summed E-state index contributed by atoms with van der Waals surface area (Å²) in [6, 6.07) is 0. The van der Waals surface area contributed by atoms with Crippen molar-refractivity contribution in [3.63, 3.8) is 0 Å². The van der Waals surface area contributed by atoms with E-state index in [1.165, 1.54) is 25.7 Å². The molecule has 14 heavy (non-hydrogen) atoms. The van der Waals surface area contributed by atoms with Gasteiger partial charge in [0.25, 0.3) is 0 Å². The summed E-state index contributed by atoms with van der Waals surface area (Å²) in [6.07, 6.45) is 8.39. The smallest absolute Gasteiger partial charge is 0.0958 e. The van der Waals surface area contributed by atoms with Crippen molar-refractivity contribution in [1.82, 2.24) is 5.06 Å². The molecule has 0 spiro atoms. The van der Waals surface area contributed by atoms with E-state index in [1.807, 2.05) is 5.06 Å². The predicted octanol–water partition coefficient (Wildman–Crippen LogP) is 1.48. The third-order valence-electron chi connectivity index (χ3n) is 2.93. The first-order valence-electron chi connectivity index (χ1n) is 5.58. The van der Waals surface area contributed by atoms with E-state index in [2.05, 4.69) is 6.08 Å². The van der Waals surface area contributed by atoms with Crippen molar-refractivity contribution in [2.75, 3.05) is 19.7 Å². The average Bonchev–Trinajstić information content (AvgIpc) is 2.63. The molecule has 0 aromatic carbocycles. The zero-order valence-corrected chi connectivity index (χ0v) is 8.61. The number of allylic oxidation sites excluding steroid dienone is 1. The Bertz CT molecular complexity index is 215. The van der Waals surface area contributed by atoms with E-state index in [1.54, 1.807) is 5.57 Å². The van der Waals surface area contributed by atoms with Crippen LogP contribution in [0.2, 0.25) is 0 Å². The van der Waals surface area contributed by atoms with Gasteiger partial charge in [0.15, 0.2) is 0 Å². The molecule has 2 aliphatic rings. The Morgan fingerprint density at radius 1 is 1.50 bits per heavy atom. The lowest BCUT2D eigenvalue weighted by atomic mass is 9.97. The normalized spacial score (nSPS) is 29.2. The van der Waals surface area contributed by atoms with Crippen molar-refractivity contribution in [2.45, 2.75) is 38.2 Å². The molecular weight excluding hydrogens is 178 g/mol. The molecule has 1 heterocycles. The molecule has 0 saturated carbocycles. The Kier molecular flexibility index (Phi) is 3.56. The highest BCUT2D eigenvalue weighted by Crippen LogP contribution is 2.20. The third kappa shape index (κ3) is 2.80. The number of hydrogen-bond acceptors (Lipinski definition) is 3. The van der Waals surface area contributed by atoms with Crippen molar-refractivity contribution in [1.29, 1.82) is 0 Å². The van der Waals surface area contributed by atoms with Crippen LogP contribution in [-0.2, 0) is 4.84 Å². The summed E-state index contributed by atoms with van der Waals surface area (Å²) in [6.45, 7) is 2.08. The molecule has 0 amide bonds. The summed E-state index contributed by atoms with van der Waals surface area (Å²) in [7, 11) is 0. The first kappa shape index (κ1) is 10.1. The molecule has 3 heteroatoms. The molecular formula is C11H19NO2. The quantitative estimate of drug-likeness (QED) is 0.696. The molecule has 2 rings (SSSR count). The number of rotatable bonds is 3. The number of nitrogens with zero attached hydrogens (tertiary/aromatic N) is 1. The first-order valence-corrected chi connectivity index (χ1v) is 5.58. The van der Waals surface area contributed by atoms with E-state index in [0.29, 0.717) is 13.2 Å². The molecule has 0 aromatic heterocycles. The number of hydrogen-bond donors (Lipinski definition) is 1. The maximum absolute atomic E-state index is 9.26. The molecule has 1 aliphatic heterocycles. The Morgan fingerprint density at radius 2 is 2.43 bits per heavy atom. The van der Waals surface area contributed by atoms with E-state index in [9.17, 15) is 5.11 Å². The van der Waals surface area contributed by atoms with Crippen LogP contribution in [0.25, 0.3) is 0 Å². The van der Waals surface area contributed by atoms with Crippen LogP contribution in [-0.4, -0.2) is 36.0 Å². The SMILES string of the molecule is O[C@@H]1CON(CCC2=CCCCC2)C1. The summed E-state index contributed by atoms with van der Waals surface area (Å²) in [5.74, 6) is 0. The standard InChI is InChI=1S/C11H19NO2/c13-11-8-12(14-9-11)7-6-10-4-2-1-3-5-10/h4,11,13H,1-3,5-9H2/t11-/m0/s1. The number of aliphatic hydroxyl groups excluding tert-OH is 1. The highest BCUT2D eigenvalue weighted by molar-refractivity contribution is 5.05. The van der Waals surface area contributed by atoms with Gasteiger partial charge in [0.05, 0.1) is 19.3 Å². The van der Waals surface area contributed by atoms with Gasteiger partial charge >= 0.3 is 0 Å². The molecule has 1 atom stereocenters. The largest absolute Gasteiger partial charge is 0.389 e. The van der Waals surface area contributed by atoms with E-state index in [-0.39, 0.29) is 6.10 Å². The lowest BCUT2D eigenvalue weighted by Crippen LogP contribution is -2.22. The fraction of sp³-hybridized carbons (Fsp3) is 0.818. The number of hydroxylamine groups is 2. The molecule has 0 radical (unpaired) electrons. The minimum atomic E-state index is -0.282. The average molecular weight is 197 g/mol. The Balaban J connectivity index is 1.69. The van der Waals surface area contributed by atoms with Gasteiger partial charge < -0.3 is 5.11 Å². The Labute approximate surface area is 85.3 Å². The second-order valence-corrected chi connectivity index (χ2v) is 4.20. The van der Waals surface area contributed by atoms with Crippen LogP contribution in [0.3, 0.4) is 0 Å². The van der Waals surface area contributed by atoms with Crippen molar-refractivity contribution >= 4 is 0 Å². The van der Waals surface area contributed by atoms with Crippen molar-refractivity contribution < 1.29 is 9.94 Å². The van der Waals surface area contributed by atoms with E-state index in [4.69, 9.17) is 4.84 Å². The summed E-state index contributed by atoms with van der Waals surface area (Å²) >= 11 is 0. The molecule has 0 bridgehead atoms. The summed E-state index contributed by atoms with van der Waals surface area (Å²) in [5, 5.41) is 11.1. The Hall–Kier alpha value is -0.380. The first-order chi connectivity index (χ1) is 6.84. The van der Waals surface area contributed by atoms with E-state index < -0.39 is 0 Å². The van der Waals surface area contributed by atoms with Crippen LogP contribution in [0.4, 0.5) is 0 Å². The van der Waals surface area contributed by atoms with E-state index >= 15 is 0 Å². The van der Waals surface area contributed by atoms with Gasteiger partial charge in [-0.3, -0.25) is 4.84 Å². The highest BCUT2D eigenvalue weighted by atomic mass is 16.7. The maximum atomic E-state index is 9.26.